The molecule has 1 aliphatic heterocycles. The highest BCUT2D eigenvalue weighted by molar-refractivity contribution is 5.76. The molecule has 0 unspecified atom stereocenters. The van der Waals surface area contributed by atoms with Crippen LogP contribution >= 0.6 is 0 Å². The Hall–Kier alpha value is -1.91. The molecule has 1 saturated heterocycles. The van der Waals surface area contributed by atoms with E-state index in [1.165, 1.54) is 13.0 Å². The number of rotatable bonds is 3. The summed E-state index contributed by atoms with van der Waals surface area (Å²) in [6.45, 7) is 2.90. The Balaban J connectivity index is 2.01. The molecule has 0 bridgehead atoms. The predicted molar refractivity (Wildman–Crippen MR) is 70.8 cm³/mol. The van der Waals surface area contributed by atoms with Gasteiger partial charge in [-0.1, -0.05) is 0 Å². The SMILES string of the molecule is CC(=O)NC1CCN(c2ccc(C=O)cc2F)CC1. The molecule has 1 aliphatic rings. The lowest BCUT2D eigenvalue weighted by Crippen LogP contribution is -2.44. The van der Waals surface area contributed by atoms with Gasteiger partial charge in [0, 0.05) is 31.6 Å². The molecule has 5 heteroatoms. The molecule has 0 radical (unpaired) electrons. The van der Waals surface area contributed by atoms with Gasteiger partial charge in [0.1, 0.15) is 12.1 Å². The molecule has 0 spiro atoms. The zero-order chi connectivity index (χ0) is 13.8. The summed E-state index contributed by atoms with van der Waals surface area (Å²) >= 11 is 0. The van der Waals surface area contributed by atoms with Crippen molar-refractivity contribution < 1.29 is 14.0 Å². The smallest absolute Gasteiger partial charge is 0.217 e. The van der Waals surface area contributed by atoms with Crippen LogP contribution in [-0.4, -0.2) is 31.3 Å². The van der Waals surface area contributed by atoms with E-state index in [9.17, 15) is 14.0 Å². The van der Waals surface area contributed by atoms with Gasteiger partial charge in [-0.05, 0) is 31.0 Å². The van der Waals surface area contributed by atoms with Crippen LogP contribution in [0.2, 0.25) is 0 Å². The van der Waals surface area contributed by atoms with Crippen molar-refractivity contribution in [2.45, 2.75) is 25.8 Å². The molecule has 4 nitrogen and oxygen atoms in total. The molecule has 0 saturated carbocycles. The summed E-state index contributed by atoms with van der Waals surface area (Å²) in [5.74, 6) is -0.400. The lowest BCUT2D eigenvalue weighted by molar-refractivity contribution is -0.119. The highest BCUT2D eigenvalue weighted by Gasteiger charge is 2.21. The number of amides is 1. The van der Waals surface area contributed by atoms with Crippen molar-refractivity contribution in [2.24, 2.45) is 0 Å². The van der Waals surface area contributed by atoms with Crippen LogP contribution in [0.4, 0.5) is 10.1 Å². The predicted octanol–water partition coefficient (Wildman–Crippen LogP) is 1.74. The molecule has 0 aliphatic carbocycles. The molecule has 19 heavy (non-hydrogen) atoms. The Labute approximate surface area is 111 Å². The first-order valence-corrected chi connectivity index (χ1v) is 6.37. The Bertz CT molecular complexity index is 482. The van der Waals surface area contributed by atoms with E-state index in [-0.39, 0.29) is 17.8 Å². The average molecular weight is 264 g/mol. The van der Waals surface area contributed by atoms with Crippen LogP contribution in [0.1, 0.15) is 30.1 Å². The van der Waals surface area contributed by atoms with Gasteiger partial charge >= 0.3 is 0 Å². The van der Waals surface area contributed by atoms with E-state index in [0.29, 0.717) is 30.6 Å². The van der Waals surface area contributed by atoms with Crippen molar-refractivity contribution in [3.63, 3.8) is 0 Å². The van der Waals surface area contributed by atoms with E-state index in [1.54, 1.807) is 12.1 Å². The molecule has 1 N–H and O–H groups in total. The van der Waals surface area contributed by atoms with Crippen LogP contribution in [0.5, 0.6) is 0 Å². The average Bonchev–Trinajstić information content (AvgIpc) is 2.39. The molecule has 1 aromatic rings. The van der Waals surface area contributed by atoms with Gasteiger partial charge in [0.2, 0.25) is 5.91 Å². The number of carbonyl (C=O) groups is 2. The molecular formula is C14H17FN2O2. The van der Waals surface area contributed by atoms with Crippen molar-refractivity contribution in [3.05, 3.63) is 29.6 Å². The molecular weight excluding hydrogens is 247 g/mol. The summed E-state index contributed by atoms with van der Waals surface area (Å²) in [5.41, 5.74) is 0.862. The number of aldehydes is 1. The third-order valence-corrected chi connectivity index (χ3v) is 3.35. The second-order valence-electron chi connectivity index (χ2n) is 4.79. The lowest BCUT2D eigenvalue weighted by atomic mass is 10.0. The molecule has 102 valence electrons. The minimum Gasteiger partial charge on any atom is -0.369 e. The van der Waals surface area contributed by atoms with Gasteiger partial charge < -0.3 is 10.2 Å². The standard InChI is InChI=1S/C14H17FN2O2/c1-10(19)16-12-4-6-17(7-5-12)14-3-2-11(9-18)8-13(14)15/h2-3,8-9,12H,4-7H2,1H3,(H,16,19). The highest BCUT2D eigenvalue weighted by Crippen LogP contribution is 2.23. The van der Waals surface area contributed by atoms with Crippen LogP contribution < -0.4 is 10.2 Å². The number of nitrogens with zero attached hydrogens (tertiary/aromatic N) is 1. The highest BCUT2D eigenvalue weighted by atomic mass is 19.1. The Morgan fingerprint density at radius 3 is 2.63 bits per heavy atom. The maximum Gasteiger partial charge on any atom is 0.217 e. The molecule has 0 aromatic heterocycles. The number of benzene rings is 1. The zero-order valence-electron chi connectivity index (χ0n) is 10.9. The summed E-state index contributed by atoms with van der Waals surface area (Å²) in [6, 6.07) is 4.68. The Morgan fingerprint density at radius 2 is 2.11 bits per heavy atom. The molecule has 2 rings (SSSR count). The maximum absolute atomic E-state index is 13.9. The number of piperidine rings is 1. The monoisotopic (exact) mass is 264 g/mol. The molecule has 1 fully saturated rings. The van der Waals surface area contributed by atoms with Gasteiger partial charge in [0.15, 0.2) is 0 Å². The minimum atomic E-state index is -0.373. The number of hydrogen-bond acceptors (Lipinski definition) is 3. The number of nitrogens with one attached hydrogen (secondary N) is 1. The number of halogens is 1. The first-order valence-electron chi connectivity index (χ1n) is 6.37. The third kappa shape index (κ3) is 3.30. The number of carbonyl (C=O) groups excluding carboxylic acids is 2. The van der Waals surface area contributed by atoms with Gasteiger partial charge in [-0.2, -0.15) is 0 Å². The summed E-state index contributed by atoms with van der Waals surface area (Å²) < 4.78 is 13.9. The van der Waals surface area contributed by atoms with E-state index in [2.05, 4.69) is 5.32 Å². The molecule has 1 amide bonds. The molecule has 0 atom stereocenters. The lowest BCUT2D eigenvalue weighted by Gasteiger charge is -2.34. The normalized spacial score (nSPS) is 16.2. The Morgan fingerprint density at radius 1 is 1.42 bits per heavy atom. The van der Waals surface area contributed by atoms with Gasteiger partial charge in [-0.25, -0.2) is 4.39 Å². The summed E-state index contributed by atoms with van der Waals surface area (Å²) in [7, 11) is 0. The van der Waals surface area contributed by atoms with E-state index in [0.717, 1.165) is 12.8 Å². The quantitative estimate of drug-likeness (QED) is 0.846. The fraction of sp³-hybridized carbons (Fsp3) is 0.429. The first kappa shape index (κ1) is 13.5. The van der Waals surface area contributed by atoms with Gasteiger partial charge in [-0.3, -0.25) is 9.59 Å². The second-order valence-corrected chi connectivity index (χ2v) is 4.79. The summed E-state index contributed by atoms with van der Waals surface area (Å²) in [6.07, 6.45) is 2.23. The zero-order valence-corrected chi connectivity index (χ0v) is 10.9. The molecule has 1 heterocycles. The van der Waals surface area contributed by atoms with E-state index < -0.39 is 0 Å². The Kier molecular flexibility index (Phi) is 4.14. The van der Waals surface area contributed by atoms with Crippen LogP contribution in [-0.2, 0) is 4.79 Å². The fourth-order valence-corrected chi connectivity index (χ4v) is 2.41. The molecule has 1 aromatic carbocycles. The van der Waals surface area contributed by atoms with Crippen molar-refractivity contribution in [1.82, 2.24) is 5.32 Å². The summed E-state index contributed by atoms with van der Waals surface area (Å²) in [5, 5.41) is 2.88. The largest absolute Gasteiger partial charge is 0.369 e. The minimum absolute atomic E-state index is 0.0278. The number of anilines is 1. The van der Waals surface area contributed by atoms with E-state index in [1.807, 2.05) is 4.90 Å². The van der Waals surface area contributed by atoms with E-state index in [4.69, 9.17) is 0 Å². The van der Waals surface area contributed by atoms with Gasteiger partial charge in [0.05, 0.1) is 5.69 Å². The van der Waals surface area contributed by atoms with Crippen LogP contribution in [0.15, 0.2) is 18.2 Å². The van der Waals surface area contributed by atoms with E-state index >= 15 is 0 Å². The van der Waals surface area contributed by atoms with Gasteiger partial charge in [0.25, 0.3) is 0 Å². The third-order valence-electron chi connectivity index (χ3n) is 3.35. The van der Waals surface area contributed by atoms with Crippen LogP contribution in [0, 0.1) is 5.82 Å². The summed E-state index contributed by atoms with van der Waals surface area (Å²) in [4.78, 5) is 23.5. The second kappa shape index (κ2) is 5.82. The van der Waals surface area contributed by atoms with Gasteiger partial charge in [-0.15, -0.1) is 0 Å². The number of hydrogen-bond donors (Lipinski definition) is 1. The van der Waals surface area contributed by atoms with Crippen molar-refractivity contribution in [3.8, 4) is 0 Å². The fourth-order valence-electron chi connectivity index (χ4n) is 2.41. The topological polar surface area (TPSA) is 49.4 Å². The maximum atomic E-state index is 13.9. The van der Waals surface area contributed by atoms with Crippen molar-refractivity contribution >= 4 is 17.9 Å². The van der Waals surface area contributed by atoms with Crippen LogP contribution in [0.25, 0.3) is 0 Å². The van der Waals surface area contributed by atoms with Crippen molar-refractivity contribution in [2.75, 3.05) is 18.0 Å². The van der Waals surface area contributed by atoms with Crippen LogP contribution in [0.3, 0.4) is 0 Å². The van der Waals surface area contributed by atoms with Crippen molar-refractivity contribution in [1.29, 1.82) is 0 Å². The first-order chi connectivity index (χ1) is 9.10.